The summed E-state index contributed by atoms with van der Waals surface area (Å²) < 4.78 is 16.8. The highest BCUT2D eigenvalue weighted by atomic mass is 35.5. The van der Waals surface area contributed by atoms with Gasteiger partial charge < -0.3 is 65.1 Å². The van der Waals surface area contributed by atoms with Crippen molar-refractivity contribution in [1.82, 2.24) is 81.0 Å². The van der Waals surface area contributed by atoms with Crippen LogP contribution in [0, 0.1) is 24.7 Å². The molecule has 0 bridgehead atoms. The minimum absolute atomic E-state index is 0. The van der Waals surface area contributed by atoms with E-state index in [9.17, 15) is 48.3 Å². The molecule has 0 aliphatic carbocycles. The second-order valence-corrected chi connectivity index (χ2v) is 30.5. The minimum atomic E-state index is -1.11. The third-order valence-electron chi connectivity index (χ3n) is 23.6. The van der Waals surface area contributed by atoms with E-state index in [0.717, 1.165) is 119 Å². The fraction of sp³-hybridized carbons (Fsp3) is 0.500. The lowest BCUT2D eigenvalue weighted by atomic mass is 9.77. The summed E-state index contributed by atoms with van der Waals surface area (Å²) in [5.74, 6) is -0.145. The van der Waals surface area contributed by atoms with Crippen molar-refractivity contribution in [3.63, 3.8) is 0 Å². The molecule has 31 nitrogen and oxygen atoms in total. The number of nitrogens with zero attached hydrogens (tertiary/aromatic N) is 10. The molecule has 8 aliphatic heterocycles. The number of anilines is 2. The molecular formula is C78H99ClN18O13. The SMILES string of the molecule is CN[C@H](C)C(=O)N1CCC2(CC1)CCN(C(=O)[C@@H](Cc1cc(C)c3[nH]ncc3c1)NC(=O)N1CCC3(CC1)OC(=O)Nc1ncccc13)C2.C[C@H](C(=O)N1CCC2(CCNC2)CC1)N(C)C(=O)OCc1ccccc1.Cc1cc(C[C@@H](NC(=O)N2CCC3(CC2)OC(=O)Nc2ncccc23)C(=O)O)cc2cn[nH]c12.Cl. The minimum Gasteiger partial charge on any atom is -0.480 e. The summed E-state index contributed by atoms with van der Waals surface area (Å²) >= 11 is 0. The number of hydrogen-bond acceptors (Lipinski definition) is 18. The molecular weight excluding hydrogens is 1430 g/mol. The number of piperidine rings is 4. The lowest BCUT2D eigenvalue weighted by molar-refractivity contribution is -0.139. The Bertz CT molecular complexity index is 4520. The van der Waals surface area contributed by atoms with Crippen LogP contribution in [0.3, 0.4) is 0 Å². The number of likely N-dealkylation sites (N-methyl/N-ethyl adjacent to an activating group) is 2. The van der Waals surface area contributed by atoms with Crippen LogP contribution in [0.5, 0.6) is 0 Å². The van der Waals surface area contributed by atoms with Crippen LogP contribution in [0.2, 0.25) is 0 Å². The lowest BCUT2D eigenvalue weighted by Gasteiger charge is -2.43. The van der Waals surface area contributed by atoms with Crippen molar-refractivity contribution in [2.75, 3.05) is 103 Å². The summed E-state index contributed by atoms with van der Waals surface area (Å²) in [6, 6.07) is 21.3. The summed E-state index contributed by atoms with van der Waals surface area (Å²) in [5, 5.41) is 43.2. The Morgan fingerprint density at radius 3 is 1.55 bits per heavy atom. The number of aliphatic carboxylic acids is 1. The van der Waals surface area contributed by atoms with Crippen LogP contribution in [0.15, 0.2) is 104 Å². The van der Waals surface area contributed by atoms with Gasteiger partial charge in [0.1, 0.15) is 47.6 Å². The number of carboxylic acid groups (broad SMARTS) is 1. The molecule has 0 saturated carbocycles. The highest BCUT2D eigenvalue weighted by Gasteiger charge is 2.50. The van der Waals surface area contributed by atoms with E-state index in [2.05, 4.69) is 62.3 Å². The summed E-state index contributed by atoms with van der Waals surface area (Å²) in [5.41, 5.74) is 6.70. The van der Waals surface area contributed by atoms with Gasteiger partial charge in [-0.1, -0.05) is 42.5 Å². The summed E-state index contributed by atoms with van der Waals surface area (Å²) in [6.45, 7) is 15.4. The smallest absolute Gasteiger partial charge is 0.413 e. The maximum Gasteiger partial charge on any atom is 0.413 e. The van der Waals surface area contributed by atoms with E-state index in [1.165, 1.54) is 11.3 Å². The zero-order valence-corrected chi connectivity index (χ0v) is 63.8. The number of pyridine rings is 2. The first kappa shape index (κ1) is 78.9. The number of ether oxygens (including phenoxy) is 3. The molecule has 6 fully saturated rings. The number of benzene rings is 3. The van der Waals surface area contributed by atoms with Crippen molar-refractivity contribution in [3.8, 4) is 0 Å². The van der Waals surface area contributed by atoms with Gasteiger partial charge in [0.25, 0.3) is 0 Å². The zero-order chi connectivity index (χ0) is 76.8. The van der Waals surface area contributed by atoms with E-state index in [-0.39, 0.29) is 60.6 Å². The quantitative estimate of drug-likeness (QED) is 0.0464. The molecule has 8 aliphatic rings. The number of hydrogen-bond donors (Lipinski definition) is 9. The van der Waals surface area contributed by atoms with Crippen LogP contribution in [0.25, 0.3) is 21.8 Å². The number of rotatable bonds is 14. The first-order valence-electron chi connectivity index (χ1n) is 37.7. The summed E-state index contributed by atoms with van der Waals surface area (Å²) in [4.78, 5) is 134. The number of carbonyl (C=O) groups is 9. The number of aromatic nitrogens is 6. The van der Waals surface area contributed by atoms with Crippen molar-refractivity contribution in [1.29, 1.82) is 0 Å². The molecule has 3 aromatic carbocycles. The van der Waals surface area contributed by atoms with Gasteiger partial charge >= 0.3 is 36.3 Å². The lowest BCUT2D eigenvalue weighted by Crippen LogP contribution is -2.56. The molecule has 0 unspecified atom stereocenters. The van der Waals surface area contributed by atoms with Gasteiger partial charge in [-0.05, 0) is 155 Å². The molecule has 4 atom stereocenters. The maximum absolute atomic E-state index is 14.3. The van der Waals surface area contributed by atoms with Gasteiger partial charge in [-0.15, -0.1) is 12.4 Å². The standard InChI is InChI=1S/C35H45N9O5.C23H24N6O5.C20H29N3O3.ClH/c1-22-17-24(18-25-20-38-41-28(22)25)19-27(31(46)44-14-8-34(21-44)6-12-42(13-7-34)30(45)23(2)36-3)39-32(47)43-15-9-35(10-16-43)26-5-4-11-37-29(26)40-33(48)49-35;1-13-9-14(10-15-12-25-28-18(13)15)11-17(20(30)31)26-21(32)29-7-4-23(5-8-29)16-3-2-6-24-19(16)27-22(33)34-23;1-16(22(2)19(25)26-14-17-6-4-3-5-7-17)18(24)23-12-9-20(10-13-23)8-11-21-15-20;/h4-5,11,17-18,20,23,27,36H,6-10,12-16,19,21H2,1-3H3,(H,38,41)(H,39,47)(H,37,40,48);2-3,6,9-10,12,17H,4-5,7-8,11H2,1H3,(H,25,28)(H,26,32)(H,30,31)(H,24,27,33);3-7,16,21H,8-15H2,1-2H3;1H/t23-,27-;17-;16-;/m111./s1. The first-order chi connectivity index (χ1) is 52.4. The van der Waals surface area contributed by atoms with Gasteiger partial charge in [0.15, 0.2) is 0 Å². The van der Waals surface area contributed by atoms with E-state index < -0.39 is 59.6 Å². The monoisotopic (exact) mass is 1530 g/mol. The Kier molecular flexibility index (Phi) is 24.2. The fourth-order valence-corrected chi connectivity index (χ4v) is 16.7. The Balaban J connectivity index is 0.000000161. The molecule has 6 saturated heterocycles. The largest absolute Gasteiger partial charge is 0.480 e. The van der Waals surface area contributed by atoms with Crippen molar-refractivity contribution in [2.24, 2.45) is 10.8 Å². The van der Waals surface area contributed by atoms with Crippen LogP contribution in [-0.2, 0) is 64.0 Å². The second-order valence-electron chi connectivity index (χ2n) is 30.5. The molecule has 12 heterocycles. The van der Waals surface area contributed by atoms with E-state index in [1.54, 1.807) is 61.7 Å². The van der Waals surface area contributed by atoms with Gasteiger partial charge in [0, 0.05) is 152 Å². The van der Waals surface area contributed by atoms with Crippen molar-refractivity contribution in [2.45, 2.75) is 147 Å². The highest BCUT2D eigenvalue weighted by Crippen LogP contribution is 2.46. The Morgan fingerprint density at radius 1 is 0.582 bits per heavy atom. The van der Waals surface area contributed by atoms with Gasteiger partial charge in [0.2, 0.25) is 17.7 Å². The van der Waals surface area contributed by atoms with Crippen molar-refractivity contribution in [3.05, 3.63) is 143 Å². The van der Waals surface area contributed by atoms with E-state index in [1.807, 2.05) is 108 Å². The first-order valence-corrected chi connectivity index (χ1v) is 37.7. The molecule has 15 rings (SSSR count). The average Bonchev–Trinajstić information content (AvgIpc) is 1.06. The van der Waals surface area contributed by atoms with Crippen LogP contribution >= 0.6 is 12.4 Å². The van der Waals surface area contributed by atoms with Crippen LogP contribution in [0.1, 0.15) is 117 Å². The number of carbonyl (C=O) groups excluding carboxylic acids is 8. The molecule has 32 heteroatoms. The molecule has 10 amide bonds. The molecule has 7 aromatic rings. The van der Waals surface area contributed by atoms with Crippen molar-refractivity contribution >= 4 is 99.9 Å². The fourth-order valence-electron chi connectivity index (χ4n) is 16.7. The zero-order valence-electron chi connectivity index (χ0n) is 63.0. The van der Waals surface area contributed by atoms with Gasteiger partial charge in [0.05, 0.1) is 29.5 Å². The third kappa shape index (κ3) is 17.3. The third-order valence-corrected chi connectivity index (χ3v) is 23.6. The molecule has 110 heavy (non-hydrogen) atoms. The topological polar surface area (TPSA) is 376 Å². The summed E-state index contributed by atoms with van der Waals surface area (Å²) in [6.07, 6.45) is 13.0. The number of halogens is 1. The number of H-pyrrole nitrogens is 2. The number of nitrogens with one attached hydrogen (secondary N) is 8. The molecule has 0 radical (unpaired) electrons. The number of likely N-dealkylation sites (tertiary alicyclic amines) is 5. The number of aryl methyl sites for hydroxylation is 2. The van der Waals surface area contributed by atoms with E-state index in [4.69, 9.17) is 14.2 Å². The number of aromatic amines is 2. The van der Waals surface area contributed by atoms with Gasteiger partial charge in [-0.25, -0.2) is 38.7 Å². The molecule has 4 spiro atoms. The number of fused-ring (bicyclic) bond motifs is 6. The highest BCUT2D eigenvalue weighted by molar-refractivity contribution is 5.91. The predicted octanol–water partition coefficient (Wildman–Crippen LogP) is 8.08. The van der Waals surface area contributed by atoms with E-state index >= 15 is 0 Å². The normalized spacial score (nSPS) is 19.5. The van der Waals surface area contributed by atoms with Crippen molar-refractivity contribution < 1.29 is 62.5 Å². The predicted molar refractivity (Wildman–Crippen MR) is 410 cm³/mol. The number of carboxylic acids is 1. The van der Waals surface area contributed by atoms with Crippen LogP contribution in [-0.4, -0.2) is 236 Å². The molecule has 586 valence electrons. The van der Waals surface area contributed by atoms with Gasteiger partial charge in [-0.2, -0.15) is 10.2 Å². The van der Waals surface area contributed by atoms with Crippen LogP contribution < -0.4 is 31.9 Å². The number of urea groups is 2. The Labute approximate surface area is 643 Å². The molecule has 9 N–H and O–H groups in total. The summed E-state index contributed by atoms with van der Waals surface area (Å²) in [7, 11) is 3.42. The van der Waals surface area contributed by atoms with E-state index in [0.29, 0.717) is 102 Å². The van der Waals surface area contributed by atoms with Crippen LogP contribution in [0.4, 0.5) is 35.6 Å². The average molecular weight is 1530 g/mol. The molecule has 4 aromatic heterocycles. The number of amides is 10. The van der Waals surface area contributed by atoms with Gasteiger partial charge in [-0.3, -0.25) is 40.1 Å². The Hall–Kier alpha value is -10.7. The second kappa shape index (κ2) is 33.7. The Morgan fingerprint density at radius 2 is 1.05 bits per heavy atom. The maximum atomic E-state index is 14.3.